The number of rotatable bonds is 3. The minimum atomic E-state index is -0.743. The first kappa shape index (κ1) is 18.2. The van der Waals surface area contributed by atoms with Crippen LogP contribution in [0.4, 0.5) is 0 Å². The molecule has 23 heavy (non-hydrogen) atoms. The van der Waals surface area contributed by atoms with Crippen molar-refractivity contribution in [2.75, 3.05) is 13.7 Å². The number of allylic oxidation sites excluding steroid dienone is 2. The molecule has 1 aliphatic heterocycles. The van der Waals surface area contributed by atoms with E-state index in [-0.39, 0.29) is 24.0 Å². The van der Waals surface area contributed by atoms with Crippen molar-refractivity contribution < 1.29 is 24.5 Å². The minimum Gasteiger partial charge on any atom is -0.459 e. The molecular formula is C18H28O5. The summed E-state index contributed by atoms with van der Waals surface area (Å²) < 4.78 is 10.5. The molecule has 0 aromatic heterocycles. The summed E-state index contributed by atoms with van der Waals surface area (Å²) in [6, 6.07) is 0. The zero-order valence-electron chi connectivity index (χ0n) is 13.8. The van der Waals surface area contributed by atoms with Gasteiger partial charge >= 0.3 is 5.97 Å². The number of cyclic esters (lactones) is 1. The summed E-state index contributed by atoms with van der Waals surface area (Å²) in [6.45, 7) is 0.558. The first-order chi connectivity index (χ1) is 11.1. The van der Waals surface area contributed by atoms with Gasteiger partial charge in [0.05, 0.1) is 12.2 Å². The number of aliphatic hydroxyl groups excluding tert-OH is 2. The summed E-state index contributed by atoms with van der Waals surface area (Å²) >= 11 is 0. The van der Waals surface area contributed by atoms with E-state index in [1.807, 2.05) is 0 Å². The Morgan fingerprint density at radius 2 is 2.13 bits per heavy atom. The van der Waals surface area contributed by atoms with E-state index in [2.05, 4.69) is 12.2 Å². The molecule has 0 unspecified atom stereocenters. The van der Waals surface area contributed by atoms with Crippen LogP contribution in [0.3, 0.4) is 0 Å². The van der Waals surface area contributed by atoms with E-state index in [4.69, 9.17) is 9.47 Å². The maximum absolute atomic E-state index is 11.9. The van der Waals surface area contributed by atoms with Crippen LogP contribution in [0.2, 0.25) is 0 Å². The maximum Gasteiger partial charge on any atom is 0.330 e. The first-order valence-electron chi connectivity index (χ1n) is 8.50. The van der Waals surface area contributed by atoms with E-state index >= 15 is 0 Å². The van der Waals surface area contributed by atoms with E-state index < -0.39 is 12.1 Å². The van der Waals surface area contributed by atoms with Crippen molar-refractivity contribution in [3.8, 4) is 0 Å². The van der Waals surface area contributed by atoms with Crippen molar-refractivity contribution in [3.05, 3.63) is 24.3 Å². The second kappa shape index (κ2) is 9.21. The fraction of sp³-hybridized carbons (Fsp3) is 0.722. The molecule has 5 heteroatoms. The zero-order valence-corrected chi connectivity index (χ0v) is 13.8. The Bertz CT molecular complexity index is 431. The number of hydrogen-bond acceptors (Lipinski definition) is 5. The number of carbonyl (C=O) groups is 1. The van der Waals surface area contributed by atoms with Crippen molar-refractivity contribution in [1.29, 1.82) is 0 Å². The summed E-state index contributed by atoms with van der Waals surface area (Å²) in [7, 11) is 1.63. The van der Waals surface area contributed by atoms with Crippen molar-refractivity contribution >= 4 is 5.97 Å². The fourth-order valence-corrected chi connectivity index (χ4v) is 3.46. The van der Waals surface area contributed by atoms with Crippen LogP contribution >= 0.6 is 0 Å². The van der Waals surface area contributed by atoms with Crippen LogP contribution in [0, 0.1) is 11.8 Å². The number of carbonyl (C=O) groups excluding carboxylic acids is 1. The molecule has 0 aromatic carbocycles. The summed E-state index contributed by atoms with van der Waals surface area (Å²) in [5, 5.41) is 20.2. The lowest BCUT2D eigenvalue weighted by atomic mass is 9.90. The minimum absolute atomic E-state index is 0.0460. The molecule has 2 aliphatic rings. The van der Waals surface area contributed by atoms with Gasteiger partial charge in [-0.2, -0.15) is 0 Å². The molecule has 2 rings (SSSR count). The number of aliphatic hydroxyl groups is 2. The van der Waals surface area contributed by atoms with Gasteiger partial charge in [-0.05, 0) is 50.0 Å². The number of hydrogen-bond donors (Lipinski definition) is 2. The highest BCUT2D eigenvalue weighted by Crippen LogP contribution is 2.36. The van der Waals surface area contributed by atoms with Crippen LogP contribution in [0.25, 0.3) is 0 Å². The highest BCUT2D eigenvalue weighted by molar-refractivity contribution is 5.82. The van der Waals surface area contributed by atoms with Crippen LogP contribution in [-0.4, -0.2) is 48.2 Å². The Labute approximate surface area is 138 Å². The SMILES string of the molecule is COCC[C@H]1CCC/C=C/[C@@H]2C[C@H](O)C[C@H]2[C@H](O)/C=C/C(=O)O1. The molecule has 0 radical (unpaired) electrons. The molecule has 2 N–H and O–H groups in total. The highest BCUT2D eigenvalue weighted by atomic mass is 16.5. The van der Waals surface area contributed by atoms with Gasteiger partial charge in [0.1, 0.15) is 6.10 Å². The molecule has 0 saturated heterocycles. The monoisotopic (exact) mass is 324 g/mol. The smallest absolute Gasteiger partial charge is 0.330 e. The third-order valence-corrected chi connectivity index (χ3v) is 4.71. The van der Waals surface area contributed by atoms with E-state index in [9.17, 15) is 15.0 Å². The van der Waals surface area contributed by atoms with Crippen LogP contribution in [0.5, 0.6) is 0 Å². The Morgan fingerprint density at radius 1 is 1.30 bits per heavy atom. The average Bonchev–Trinajstić information content (AvgIpc) is 2.90. The molecule has 5 atom stereocenters. The molecule has 1 heterocycles. The van der Waals surface area contributed by atoms with Gasteiger partial charge in [0.25, 0.3) is 0 Å². The molecule has 0 bridgehead atoms. The third kappa shape index (κ3) is 5.75. The molecule has 130 valence electrons. The van der Waals surface area contributed by atoms with Crippen molar-refractivity contribution in [2.45, 2.75) is 56.8 Å². The van der Waals surface area contributed by atoms with Gasteiger partial charge in [-0.1, -0.05) is 12.2 Å². The molecule has 0 amide bonds. The summed E-state index contributed by atoms with van der Waals surface area (Å²) in [4.78, 5) is 11.9. The number of ether oxygens (including phenoxy) is 2. The molecule has 1 saturated carbocycles. The van der Waals surface area contributed by atoms with Crippen molar-refractivity contribution in [3.63, 3.8) is 0 Å². The van der Waals surface area contributed by atoms with Gasteiger partial charge in [-0.25, -0.2) is 4.79 Å². The molecule has 0 spiro atoms. The Morgan fingerprint density at radius 3 is 2.91 bits per heavy atom. The molecular weight excluding hydrogens is 296 g/mol. The summed E-state index contributed by atoms with van der Waals surface area (Å²) in [5.74, 6) is -0.312. The number of fused-ring (bicyclic) bond motifs is 1. The van der Waals surface area contributed by atoms with E-state index in [0.29, 0.717) is 25.9 Å². The second-order valence-electron chi connectivity index (χ2n) is 6.50. The summed E-state index contributed by atoms with van der Waals surface area (Å²) in [6.07, 6.45) is 10.3. The number of esters is 1. The normalized spacial score (nSPS) is 38.6. The fourth-order valence-electron chi connectivity index (χ4n) is 3.46. The van der Waals surface area contributed by atoms with Gasteiger partial charge in [0.2, 0.25) is 0 Å². The quantitative estimate of drug-likeness (QED) is 0.613. The molecule has 1 aliphatic carbocycles. The van der Waals surface area contributed by atoms with Crippen molar-refractivity contribution in [2.24, 2.45) is 11.8 Å². The summed E-state index contributed by atoms with van der Waals surface area (Å²) in [5.41, 5.74) is 0. The highest BCUT2D eigenvalue weighted by Gasteiger charge is 2.35. The van der Waals surface area contributed by atoms with Crippen molar-refractivity contribution in [1.82, 2.24) is 0 Å². The van der Waals surface area contributed by atoms with E-state index in [1.165, 1.54) is 12.2 Å². The standard InChI is InChI=1S/C18H28O5/c1-22-10-9-15-6-4-2-3-5-13-11-14(19)12-16(13)17(20)7-8-18(21)23-15/h3,5,7-8,13-17,19-20H,2,4,6,9-12H2,1H3/b5-3+,8-7+/t13-,14+,15-,16-,17-/m1/s1. The van der Waals surface area contributed by atoms with Crippen LogP contribution in [-0.2, 0) is 14.3 Å². The predicted molar refractivity (Wildman–Crippen MR) is 86.7 cm³/mol. The van der Waals surface area contributed by atoms with Crippen LogP contribution in [0.15, 0.2) is 24.3 Å². The third-order valence-electron chi connectivity index (χ3n) is 4.71. The molecule has 1 fully saturated rings. The Balaban J connectivity index is 2.05. The van der Waals surface area contributed by atoms with Gasteiger partial charge in [0, 0.05) is 26.2 Å². The maximum atomic E-state index is 11.9. The Kier molecular flexibility index (Phi) is 7.27. The lowest BCUT2D eigenvalue weighted by Crippen LogP contribution is -2.22. The second-order valence-corrected chi connectivity index (χ2v) is 6.50. The van der Waals surface area contributed by atoms with Crippen LogP contribution in [0.1, 0.15) is 38.5 Å². The number of methoxy groups -OCH3 is 1. The van der Waals surface area contributed by atoms with E-state index in [1.54, 1.807) is 7.11 Å². The molecule has 0 aromatic rings. The van der Waals surface area contributed by atoms with Gasteiger partial charge in [-0.3, -0.25) is 0 Å². The topological polar surface area (TPSA) is 76.0 Å². The van der Waals surface area contributed by atoms with E-state index in [0.717, 1.165) is 19.3 Å². The van der Waals surface area contributed by atoms with Gasteiger partial charge in [0.15, 0.2) is 0 Å². The predicted octanol–water partition coefficient (Wildman–Crippen LogP) is 1.98. The lowest BCUT2D eigenvalue weighted by molar-refractivity contribution is -0.144. The Hall–Kier alpha value is -1.17. The largest absolute Gasteiger partial charge is 0.459 e. The van der Waals surface area contributed by atoms with Crippen LogP contribution < -0.4 is 0 Å². The van der Waals surface area contributed by atoms with Gasteiger partial charge in [-0.15, -0.1) is 0 Å². The lowest BCUT2D eigenvalue weighted by Gasteiger charge is -2.19. The molecule has 5 nitrogen and oxygen atoms in total. The average molecular weight is 324 g/mol. The zero-order chi connectivity index (χ0) is 16.7. The first-order valence-corrected chi connectivity index (χ1v) is 8.50. The van der Waals surface area contributed by atoms with Gasteiger partial charge < -0.3 is 19.7 Å².